The number of benzene rings is 1. The van der Waals surface area contributed by atoms with Crippen LogP contribution in [0.25, 0.3) is 0 Å². The van der Waals surface area contributed by atoms with Crippen molar-refractivity contribution < 1.29 is 21.8 Å². The molecular weight excluding hydrogens is 294 g/mol. The highest BCUT2D eigenvalue weighted by atomic mass is 32.2. The summed E-state index contributed by atoms with van der Waals surface area (Å²) in [6, 6.07) is 2.28. The Bertz CT molecular complexity index is 508. The van der Waals surface area contributed by atoms with E-state index in [1.54, 1.807) is 20.8 Å². The highest BCUT2D eigenvalue weighted by Gasteiger charge is 2.35. The number of halogens is 4. The van der Waals surface area contributed by atoms with Crippen molar-refractivity contribution in [2.75, 3.05) is 0 Å². The molecular formula is C13H17F4NOS. The molecule has 0 saturated carbocycles. The largest absolute Gasteiger partial charge is 0.419 e. The van der Waals surface area contributed by atoms with Crippen LogP contribution in [0, 0.1) is 5.82 Å². The van der Waals surface area contributed by atoms with Crippen molar-refractivity contribution in [3.05, 3.63) is 35.1 Å². The van der Waals surface area contributed by atoms with Gasteiger partial charge >= 0.3 is 6.18 Å². The summed E-state index contributed by atoms with van der Waals surface area (Å²) < 4.78 is 65.7. The van der Waals surface area contributed by atoms with Gasteiger partial charge in [0.25, 0.3) is 0 Å². The van der Waals surface area contributed by atoms with E-state index < -0.39 is 39.3 Å². The second kappa shape index (κ2) is 5.81. The quantitative estimate of drug-likeness (QED) is 0.841. The molecule has 7 heteroatoms. The van der Waals surface area contributed by atoms with E-state index in [0.717, 1.165) is 6.07 Å². The van der Waals surface area contributed by atoms with Gasteiger partial charge in [0.05, 0.1) is 21.3 Å². The van der Waals surface area contributed by atoms with Gasteiger partial charge in [-0.3, -0.25) is 0 Å². The Morgan fingerprint density at radius 3 is 2.20 bits per heavy atom. The lowest BCUT2D eigenvalue weighted by atomic mass is 10.0. The number of rotatable bonds is 3. The summed E-state index contributed by atoms with van der Waals surface area (Å²) in [6.07, 6.45) is -4.75. The molecule has 1 N–H and O–H groups in total. The summed E-state index contributed by atoms with van der Waals surface area (Å²) in [5.74, 6) is -1.33. The third-order valence-corrected chi connectivity index (χ3v) is 4.32. The summed E-state index contributed by atoms with van der Waals surface area (Å²) in [6.45, 7) is 6.62. The molecule has 0 spiro atoms. The maximum Gasteiger partial charge on any atom is 0.419 e. The fourth-order valence-electron chi connectivity index (χ4n) is 1.50. The van der Waals surface area contributed by atoms with Crippen molar-refractivity contribution in [3.8, 4) is 0 Å². The van der Waals surface area contributed by atoms with Crippen LogP contribution < -0.4 is 4.72 Å². The van der Waals surface area contributed by atoms with Gasteiger partial charge < -0.3 is 0 Å². The normalized spacial score (nSPS) is 16.0. The third-order valence-electron chi connectivity index (χ3n) is 2.64. The average Bonchev–Trinajstić information content (AvgIpc) is 2.26. The van der Waals surface area contributed by atoms with Gasteiger partial charge in [0.1, 0.15) is 5.82 Å². The molecule has 0 unspecified atom stereocenters. The summed E-state index contributed by atoms with van der Waals surface area (Å²) >= 11 is 0. The van der Waals surface area contributed by atoms with Gasteiger partial charge in [0.15, 0.2) is 0 Å². The van der Waals surface area contributed by atoms with Crippen LogP contribution in [0.3, 0.4) is 0 Å². The first-order valence-corrected chi connectivity index (χ1v) is 7.13. The highest BCUT2D eigenvalue weighted by Crippen LogP contribution is 2.34. The number of alkyl halides is 3. The fourth-order valence-corrected chi connectivity index (χ4v) is 2.31. The van der Waals surface area contributed by atoms with E-state index in [2.05, 4.69) is 4.72 Å². The lowest BCUT2D eigenvalue weighted by molar-refractivity contribution is -0.140. The maximum absolute atomic E-state index is 13.9. The zero-order valence-corrected chi connectivity index (χ0v) is 12.5. The lowest BCUT2D eigenvalue weighted by Gasteiger charge is -2.23. The predicted molar refractivity (Wildman–Crippen MR) is 70.8 cm³/mol. The molecule has 0 heterocycles. The Balaban J connectivity index is 3.07. The molecule has 2 atom stereocenters. The summed E-state index contributed by atoms with van der Waals surface area (Å²) in [7, 11) is -1.50. The van der Waals surface area contributed by atoms with Gasteiger partial charge in [0.2, 0.25) is 0 Å². The minimum Gasteiger partial charge on any atom is -0.242 e. The van der Waals surface area contributed by atoms with Crippen molar-refractivity contribution in [1.29, 1.82) is 0 Å². The Labute approximate surface area is 118 Å². The molecule has 0 aromatic heterocycles. The third kappa shape index (κ3) is 4.02. The Morgan fingerprint density at radius 2 is 1.75 bits per heavy atom. The van der Waals surface area contributed by atoms with E-state index in [-0.39, 0.29) is 5.56 Å². The molecule has 0 aliphatic rings. The van der Waals surface area contributed by atoms with Crippen molar-refractivity contribution in [2.45, 2.75) is 44.7 Å². The standard InChI is InChI=1S/C13H17F4NOS/c1-8(18-20(19)12(2,3)4)9-6-5-7-10(11(9)14)13(15,16)17/h5-8,18H,1-4H3/t8-,20+/m1/s1. The second-order valence-electron chi connectivity index (χ2n) is 5.43. The van der Waals surface area contributed by atoms with Gasteiger partial charge in [-0.25, -0.2) is 13.3 Å². The second-order valence-corrected chi connectivity index (χ2v) is 7.43. The first kappa shape index (κ1) is 17.1. The van der Waals surface area contributed by atoms with Crippen molar-refractivity contribution in [3.63, 3.8) is 0 Å². The van der Waals surface area contributed by atoms with Crippen LogP contribution in [-0.2, 0) is 17.2 Å². The van der Waals surface area contributed by atoms with Crippen molar-refractivity contribution in [2.24, 2.45) is 0 Å². The predicted octanol–water partition coefficient (Wildman–Crippen LogP) is 3.96. The first-order valence-electron chi connectivity index (χ1n) is 5.98. The smallest absolute Gasteiger partial charge is 0.242 e. The fraction of sp³-hybridized carbons (Fsp3) is 0.538. The van der Waals surface area contributed by atoms with Gasteiger partial charge in [-0.15, -0.1) is 0 Å². The first-order chi connectivity index (χ1) is 8.94. The summed E-state index contributed by atoms with van der Waals surface area (Å²) in [5.41, 5.74) is -1.47. The molecule has 0 aliphatic heterocycles. The number of nitrogens with one attached hydrogen (secondary N) is 1. The molecule has 1 aromatic carbocycles. The molecule has 0 saturated heterocycles. The number of hydrogen-bond donors (Lipinski definition) is 1. The van der Waals surface area contributed by atoms with E-state index >= 15 is 0 Å². The SMILES string of the molecule is C[C@@H](N[S@@](=O)C(C)(C)C)c1cccc(C(F)(F)F)c1F. The van der Waals surface area contributed by atoms with Crippen LogP contribution in [0.4, 0.5) is 17.6 Å². The van der Waals surface area contributed by atoms with Crippen molar-refractivity contribution >= 4 is 11.0 Å². The monoisotopic (exact) mass is 311 g/mol. The Hall–Kier alpha value is -0.950. The van der Waals surface area contributed by atoms with E-state index in [0.29, 0.717) is 6.07 Å². The molecule has 0 bridgehead atoms. The zero-order valence-electron chi connectivity index (χ0n) is 11.6. The molecule has 1 rings (SSSR count). The molecule has 2 nitrogen and oxygen atoms in total. The molecule has 1 aromatic rings. The average molecular weight is 311 g/mol. The Morgan fingerprint density at radius 1 is 1.20 bits per heavy atom. The lowest BCUT2D eigenvalue weighted by Crippen LogP contribution is -2.35. The van der Waals surface area contributed by atoms with Gasteiger partial charge in [0, 0.05) is 11.6 Å². The van der Waals surface area contributed by atoms with Crippen molar-refractivity contribution in [1.82, 2.24) is 4.72 Å². The Kier molecular flexibility index (Phi) is 4.97. The molecule has 114 valence electrons. The maximum atomic E-state index is 13.9. The van der Waals surface area contributed by atoms with Gasteiger partial charge in [-0.1, -0.05) is 12.1 Å². The minimum absolute atomic E-state index is 0.155. The van der Waals surface area contributed by atoms with E-state index in [9.17, 15) is 21.8 Å². The van der Waals surface area contributed by atoms with Crippen LogP contribution in [0.15, 0.2) is 18.2 Å². The summed E-state index contributed by atoms with van der Waals surface area (Å²) in [4.78, 5) is 0. The number of hydrogen-bond acceptors (Lipinski definition) is 1. The van der Waals surface area contributed by atoms with E-state index in [1.807, 2.05) is 0 Å². The van der Waals surface area contributed by atoms with Crippen LogP contribution in [0.1, 0.15) is 44.9 Å². The van der Waals surface area contributed by atoms with Crippen LogP contribution in [-0.4, -0.2) is 8.96 Å². The molecule has 0 radical (unpaired) electrons. The molecule has 0 aliphatic carbocycles. The highest BCUT2D eigenvalue weighted by molar-refractivity contribution is 7.84. The molecule has 20 heavy (non-hydrogen) atoms. The van der Waals surface area contributed by atoms with Gasteiger partial charge in [-0.05, 0) is 33.8 Å². The van der Waals surface area contributed by atoms with Crippen LogP contribution >= 0.6 is 0 Å². The van der Waals surface area contributed by atoms with E-state index in [1.165, 1.54) is 13.0 Å². The zero-order chi connectivity index (χ0) is 15.7. The summed E-state index contributed by atoms with van der Waals surface area (Å²) in [5, 5.41) is 0. The topological polar surface area (TPSA) is 29.1 Å². The van der Waals surface area contributed by atoms with Crippen LogP contribution in [0.2, 0.25) is 0 Å². The minimum atomic E-state index is -4.75. The molecule has 0 fully saturated rings. The van der Waals surface area contributed by atoms with E-state index in [4.69, 9.17) is 0 Å². The molecule has 0 amide bonds. The van der Waals surface area contributed by atoms with Crippen LogP contribution in [0.5, 0.6) is 0 Å². The van der Waals surface area contributed by atoms with Gasteiger partial charge in [-0.2, -0.15) is 13.2 Å².